The molecule has 0 bridgehead atoms. The van der Waals surface area contributed by atoms with E-state index in [1.165, 1.54) is 0 Å². The van der Waals surface area contributed by atoms with Crippen LogP contribution in [0.15, 0.2) is 42.5 Å². The second-order valence-electron chi connectivity index (χ2n) is 10.1. The number of rotatable bonds is 8. The van der Waals surface area contributed by atoms with Crippen LogP contribution in [0.4, 0.5) is 10.6 Å². The minimum atomic E-state index is -0.566. The molecule has 1 amide bonds. The Morgan fingerprint density at radius 3 is 2.46 bits per heavy atom. The number of carbonyl (C=O) groups excluding carboxylic acids is 1. The number of alkyl carbamates (subject to hydrolysis) is 1. The largest absolute Gasteiger partial charge is 0.493 e. The van der Waals surface area contributed by atoms with Crippen LogP contribution in [0.5, 0.6) is 11.5 Å². The first-order valence-electron chi connectivity index (χ1n) is 12.5. The number of halogens is 1. The summed E-state index contributed by atoms with van der Waals surface area (Å²) < 4.78 is 16.3. The summed E-state index contributed by atoms with van der Waals surface area (Å²) >= 11 is 8.01. The number of hydrogen-bond donors (Lipinski definition) is 2. The predicted molar refractivity (Wildman–Crippen MR) is 157 cm³/mol. The summed E-state index contributed by atoms with van der Waals surface area (Å²) in [5, 5.41) is 7.85. The predicted octanol–water partition coefficient (Wildman–Crippen LogP) is 7.54. The van der Waals surface area contributed by atoms with E-state index in [9.17, 15) is 4.79 Å². The van der Waals surface area contributed by atoms with Crippen molar-refractivity contribution in [2.75, 3.05) is 19.5 Å². The van der Waals surface area contributed by atoms with Crippen LogP contribution in [0, 0.1) is 6.92 Å². The van der Waals surface area contributed by atoms with Gasteiger partial charge in [-0.15, -0.1) is 11.3 Å². The molecule has 1 unspecified atom stereocenters. The van der Waals surface area contributed by atoms with Crippen LogP contribution in [0.2, 0.25) is 5.02 Å². The van der Waals surface area contributed by atoms with Gasteiger partial charge in [-0.25, -0.2) is 14.8 Å². The monoisotopic (exact) mass is 568 g/mol. The van der Waals surface area contributed by atoms with Crippen molar-refractivity contribution in [2.45, 2.75) is 52.8 Å². The van der Waals surface area contributed by atoms with Gasteiger partial charge in [0.2, 0.25) is 0 Å². The van der Waals surface area contributed by atoms with E-state index in [1.54, 1.807) is 25.6 Å². The standard InChI is InChI=1S/C29H33ClN4O4S/c1-16(32-27-21-13-23(36-6)24(37-7)14-22(21)33-17(2)34-27)25-10-11-26(39-25)20-12-19(30)9-8-18(20)15-31-28(35)38-29(3,4)5/h8-14,16H,15H2,1-7H3,(H,31,35)(H,32,33,34). The molecule has 0 aliphatic heterocycles. The van der Waals surface area contributed by atoms with E-state index in [4.69, 9.17) is 25.8 Å². The maximum atomic E-state index is 12.2. The van der Waals surface area contributed by atoms with Gasteiger partial charge >= 0.3 is 6.09 Å². The van der Waals surface area contributed by atoms with Crippen LogP contribution in [-0.2, 0) is 11.3 Å². The average molecular weight is 569 g/mol. The highest BCUT2D eigenvalue weighted by atomic mass is 35.5. The van der Waals surface area contributed by atoms with Gasteiger partial charge in [0.05, 0.1) is 25.8 Å². The molecule has 206 valence electrons. The van der Waals surface area contributed by atoms with Gasteiger partial charge in [-0.1, -0.05) is 17.7 Å². The zero-order valence-corrected chi connectivity index (χ0v) is 24.7. The minimum absolute atomic E-state index is 0.0446. The normalized spacial score (nSPS) is 12.2. The molecule has 8 nitrogen and oxygen atoms in total. The third-order valence-electron chi connectivity index (χ3n) is 5.88. The lowest BCUT2D eigenvalue weighted by molar-refractivity contribution is 0.0523. The summed E-state index contributed by atoms with van der Waals surface area (Å²) in [4.78, 5) is 23.6. The molecule has 2 aromatic carbocycles. The quantitative estimate of drug-likeness (QED) is 0.227. The number of carbonyl (C=O) groups is 1. The maximum Gasteiger partial charge on any atom is 0.407 e. The third kappa shape index (κ3) is 6.91. The van der Waals surface area contributed by atoms with Crippen LogP contribution < -0.4 is 20.1 Å². The SMILES string of the molecule is COc1cc2nc(C)nc(NC(C)c3ccc(-c4cc(Cl)ccc4CNC(=O)OC(C)(C)C)s3)c2cc1OC. The topological polar surface area (TPSA) is 94.6 Å². The van der Waals surface area contributed by atoms with Gasteiger partial charge in [-0.2, -0.15) is 0 Å². The van der Waals surface area contributed by atoms with E-state index in [2.05, 4.69) is 39.7 Å². The van der Waals surface area contributed by atoms with E-state index in [1.807, 2.05) is 58.0 Å². The molecule has 4 rings (SSSR count). The van der Waals surface area contributed by atoms with Crippen LogP contribution in [0.1, 0.15) is 50.0 Å². The fraction of sp³-hybridized carbons (Fsp3) is 0.345. The minimum Gasteiger partial charge on any atom is -0.493 e. The van der Waals surface area contributed by atoms with Gasteiger partial charge in [-0.3, -0.25) is 0 Å². The molecule has 0 aliphatic rings. The van der Waals surface area contributed by atoms with E-state index < -0.39 is 11.7 Å². The molecule has 2 aromatic heterocycles. The molecular formula is C29H33ClN4O4S. The molecule has 4 aromatic rings. The molecule has 0 saturated carbocycles. The molecule has 2 heterocycles. The van der Waals surface area contributed by atoms with Gasteiger partial charge in [0, 0.05) is 32.8 Å². The summed E-state index contributed by atoms with van der Waals surface area (Å²) in [6, 6.07) is 13.5. The lowest BCUT2D eigenvalue weighted by Crippen LogP contribution is -2.32. The summed E-state index contributed by atoms with van der Waals surface area (Å²) in [7, 11) is 3.21. The van der Waals surface area contributed by atoms with Crippen LogP contribution in [-0.4, -0.2) is 35.9 Å². The van der Waals surface area contributed by atoms with Crippen molar-refractivity contribution in [2.24, 2.45) is 0 Å². The number of anilines is 1. The van der Waals surface area contributed by atoms with E-state index in [0.29, 0.717) is 34.7 Å². The molecule has 0 fully saturated rings. The van der Waals surface area contributed by atoms with E-state index in [0.717, 1.165) is 31.8 Å². The number of amides is 1. The highest BCUT2D eigenvalue weighted by molar-refractivity contribution is 7.15. The van der Waals surface area contributed by atoms with Crippen LogP contribution >= 0.6 is 22.9 Å². The van der Waals surface area contributed by atoms with Crippen LogP contribution in [0.25, 0.3) is 21.3 Å². The molecule has 0 spiro atoms. The number of thiophene rings is 1. The Morgan fingerprint density at radius 2 is 1.77 bits per heavy atom. The molecule has 0 aliphatic carbocycles. The number of hydrogen-bond acceptors (Lipinski definition) is 8. The first-order chi connectivity index (χ1) is 18.5. The Hall–Kier alpha value is -3.56. The van der Waals surface area contributed by atoms with Crippen molar-refractivity contribution in [3.63, 3.8) is 0 Å². The van der Waals surface area contributed by atoms with Crippen molar-refractivity contribution in [1.82, 2.24) is 15.3 Å². The molecule has 39 heavy (non-hydrogen) atoms. The highest BCUT2D eigenvalue weighted by Crippen LogP contribution is 2.38. The molecule has 10 heteroatoms. The summed E-state index contributed by atoms with van der Waals surface area (Å²) in [5.74, 6) is 2.59. The second kappa shape index (κ2) is 11.7. The van der Waals surface area contributed by atoms with Crippen LogP contribution in [0.3, 0.4) is 0 Å². The summed E-state index contributed by atoms with van der Waals surface area (Å²) in [6.07, 6.45) is -0.463. The highest BCUT2D eigenvalue weighted by Gasteiger charge is 2.19. The Balaban J connectivity index is 1.58. The average Bonchev–Trinajstić information content (AvgIpc) is 3.36. The molecular weight excluding hydrogens is 536 g/mol. The van der Waals surface area contributed by atoms with Gasteiger partial charge in [0.25, 0.3) is 0 Å². The lowest BCUT2D eigenvalue weighted by atomic mass is 10.1. The number of benzene rings is 2. The number of nitrogens with one attached hydrogen (secondary N) is 2. The third-order valence-corrected chi connectivity index (χ3v) is 7.42. The number of methoxy groups -OCH3 is 2. The molecule has 0 radical (unpaired) electrons. The Morgan fingerprint density at radius 1 is 1.05 bits per heavy atom. The van der Waals surface area contributed by atoms with E-state index in [-0.39, 0.29) is 6.04 Å². The van der Waals surface area contributed by atoms with Crippen molar-refractivity contribution in [1.29, 1.82) is 0 Å². The van der Waals surface area contributed by atoms with Crippen molar-refractivity contribution in [3.8, 4) is 21.9 Å². The number of aryl methyl sites for hydroxylation is 1. The molecule has 0 saturated heterocycles. The first kappa shape index (κ1) is 28.4. The summed E-state index contributed by atoms with van der Waals surface area (Å²) in [6.45, 7) is 9.77. The Labute approximate surface area is 237 Å². The number of ether oxygens (including phenoxy) is 3. The number of nitrogens with zero attached hydrogens (tertiary/aromatic N) is 2. The van der Waals surface area contributed by atoms with Gasteiger partial charge < -0.3 is 24.8 Å². The fourth-order valence-electron chi connectivity index (χ4n) is 4.10. The Bertz CT molecular complexity index is 1500. The van der Waals surface area contributed by atoms with Crippen molar-refractivity contribution >= 4 is 45.8 Å². The van der Waals surface area contributed by atoms with Crippen molar-refractivity contribution < 1.29 is 19.0 Å². The van der Waals surface area contributed by atoms with Crippen molar-refractivity contribution in [3.05, 3.63) is 63.8 Å². The second-order valence-corrected chi connectivity index (χ2v) is 11.6. The van der Waals surface area contributed by atoms with E-state index >= 15 is 0 Å². The van der Waals surface area contributed by atoms with Gasteiger partial charge in [-0.05, 0) is 76.1 Å². The summed E-state index contributed by atoms with van der Waals surface area (Å²) in [5.41, 5.74) is 2.10. The maximum absolute atomic E-state index is 12.2. The number of aromatic nitrogens is 2. The molecule has 1 atom stereocenters. The zero-order chi connectivity index (χ0) is 28.3. The fourth-order valence-corrected chi connectivity index (χ4v) is 5.34. The van der Waals surface area contributed by atoms with Gasteiger partial charge in [0.1, 0.15) is 17.2 Å². The zero-order valence-electron chi connectivity index (χ0n) is 23.1. The lowest BCUT2D eigenvalue weighted by Gasteiger charge is -2.20. The van der Waals surface area contributed by atoms with Gasteiger partial charge in [0.15, 0.2) is 11.5 Å². The Kier molecular flexibility index (Phi) is 8.51. The molecule has 2 N–H and O–H groups in total. The first-order valence-corrected chi connectivity index (χ1v) is 13.7. The number of fused-ring (bicyclic) bond motifs is 1. The smallest absolute Gasteiger partial charge is 0.407 e.